The number of aliphatic hydroxyl groups is 2. The van der Waals surface area contributed by atoms with E-state index in [1.54, 1.807) is 0 Å². The Balaban J connectivity index is 0.00000288. The SMILES string of the molecule is CCCc1ccc(-c2ccc(CCC(N)(CO)CO)cc2)cc1.Cl. The van der Waals surface area contributed by atoms with Crippen LogP contribution in [0.2, 0.25) is 0 Å². The van der Waals surface area contributed by atoms with E-state index in [4.69, 9.17) is 5.73 Å². The fourth-order valence-electron chi connectivity index (χ4n) is 2.62. The van der Waals surface area contributed by atoms with Crippen LogP contribution in [0.25, 0.3) is 11.1 Å². The van der Waals surface area contributed by atoms with Crippen LogP contribution < -0.4 is 5.73 Å². The molecule has 0 aromatic heterocycles. The van der Waals surface area contributed by atoms with E-state index in [1.165, 1.54) is 23.1 Å². The molecule has 0 spiro atoms. The Morgan fingerprint density at radius 3 is 1.58 bits per heavy atom. The lowest BCUT2D eigenvalue weighted by atomic mass is 9.93. The van der Waals surface area contributed by atoms with Crippen LogP contribution in [0, 0.1) is 0 Å². The van der Waals surface area contributed by atoms with Gasteiger partial charge in [-0.3, -0.25) is 0 Å². The third-order valence-electron chi connectivity index (χ3n) is 4.32. The van der Waals surface area contributed by atoms with Gasteiger partial charge in [0, 0.05) is 0 Å². The van der Waals surface area contributed by atoms with Crippen molar-refractivity contribution >= 4 is 12.4 Å². The number of benzene rings is 2. The van der Waals surface area contributed by atoms with Gasteiger partial charge in [0.1, 0.15) is 0 Å². The molecule has 0 aliphatic carbocycles. The van der Waals surface area contributed by atoms with Gasteiger partial charge in [0.05, 0.1) is 18.8 Å². The molecule has 3 nitrogen and oxygen atoms in total. The van der Waals surface area contributed by atoms with E-state index >= 15 is 0 Å². The van der Waals surface area contributed by atoms with E-state index in [0.717, 1.165) is 18.4 Å². The van der Waals surface area contributed by atoms with Crippen LogP contribution in [0.4, 0.5) is 0 Å². The van der Waals surface area contributed by atoms with E-state index in [9.17, 15) is 10.2 Å². The Morgan fingerprint density at radius 1 is 0.792 bits per heavy atom. The number of aryl methyl sites for hydroxylation is 2. The van der Waals surface area contributed by atoms with Crippen LogP contribution >= 0.6 is 12.4 Å². The summed E-state index contributed by atoms with van der Waals surface area (Å²) in [6.07, 6.45) is 3.59. The van der Waals surface area contributed by atoms with Crippen LogP contribution in [0.5, 0.6) is 0 Å². The van der Waals surface area contributed by atoms with Crippen molar-refractivity contribution in [3.63, 3.8) is 0 Å². The Kier molecular flexibility index (Phi) is 8.43. The lowest BCUT2D eigenvalue weighted by Gasteiger charge is -2.24. The molecule has 132 valence electrons. The van der Waals surface area contributed by atoms with Crippen LogP contribution in [0.1, 0.15) is 30.9 Å². The zero-order chi connectivity index (χ0) is 16.7. The zero-order valence-corrected chi connectivity index (χ0v) is 15.1. The summed E-state index contributed by atoms with van der Waals surface area (Å²) in [6.45, 7) is 1.79. The van der Waals surface area contributed by atoms with Gasteiger partial charge in [-0.25, -0.2) is 0 Å². The molecule has 2 aromatic carbocycles. The predicted molar refractivity (Wildman–Crippen MR) is 103 cm³/mol. The second-order valence-corrected chi connectivity index (χ2v) is 6.32. The number of rotatable bonds is 8. The first-order valence-corrected chi connectivity index (χ1v) is 8.29. The summed E-state index contributed by atoms with van der Waals surface area (Å²) in [5, 5.41) is 18.5. The van der Waals surface area contributed by atoms with Gasteiger partial charge in [0.15, 0.2) is 0 Å². The molecule has 24 heavy (non-hydrogen) atoms. The normalized spacial score (nSPS) is 11.2. The van der Waals surface area contributed by atoms with Crippen LogP contribution in [0.15, 0.2) is 48.5 Å². The quantitative estimate of drug-likeness (QED) is 0.684. The Bertz CT molecular complexity index is 592. The number of aliphatic hydroxyl groups excluding tert-OH is 2. The Morgan fingerprint density at radius 2 is 1.21 bits per heavy atom. The van der Waals surface area contributed by atoms with Crippen molar-refractivity contribution in [2.45, 2.75) is 38.1 Å². The average Bonchev–Trinajstić information content (AvgIpc) is 2.61. The monoisotopic (exact) mass is 349 g/mol. The number of hydrogen-bond acceptors (Lipinski definition) is 3. The minimum atomic E-state index is -0.895. The average molecular weight is 350 g/mol. The van der Waals surface area contributed by atoms with Crippen molar-refractivity contribution in [2.75, 3.05) is 13.2 Å². The van der Waals surface area contributed by atoms with E-state index in [1.807, 2.05) is 0 Å². The highest BCUT2D eigenvalue weighted by Crippen LogP contribution is 2.22. The molecular formula is C20H28ClNO2. The molecule has 0 amide bonds. The largest absolute Gasteiger partial charge is 0.394 e. The number of halogens is 1. The maximum atomic E-state index is 9.23. The molecule has 0 radical (unpaired) electrons. The maximum Gasteiger partial charge on any atom is 0.0633 e. The molecule has 4 N–H and O–H groups in total. The summed E-state index contributed by atoms with van der Waals surface area (Å²) < 4.78 is 0. The van der Waals surface area contributed by atoms with Crippen molar-refractivity contribution in [3.8, 4) is 11.1 Å². The van der Waals surface area contributed by atoms with Gasteiger partial charge in [-0.05, 0) is 41.5 Å². The summed E-state index contributed by atoms with van der Waals surface area (Å²) in [5.41, 5.74) is 9.96. The lowest BCUT2D eigenvalue weighted by Crippen LogP contribution is -2.47. The summed E-state index contributed by atoms with van der Waals surface area (Å²) in [4.78, 5) is 0. The van der Waals surface area contributed by atoms with Crippen molar-refractivity contribution in [1.29, 1.82) is 0 Å². The molecule has 0 fully saturated rings. The first kappa shape index (κ1) is 20.7. The third kappa shape index (κ3) is 5.60. The third-order valence-corrected chi connectivity index (χ3v) is 4.32. The molecule has 0 atom stereocenters. The summed E-state index contributed by atoms with van der Waals surface area (Å²) >= 11 is 0. The van der Waals surface area contributed by atoms with Crippen molar-refractivity contribution in [1.82, 2.24) is 0 Å². The maximum absolute atomic E-state index is 9.23. The van der Waals surface area contributed by atoms with E-state index in [-0.39, 0.29) is 25.6 Å². The Hall–Kier alpha value is -1.39. The van der Waals surface area contributed by atoms with Crippen LogP contribution in [-0.2, 0) is 12.8 Å². The second-order valence-electron chi connectivity index (χ2n) is 6.32. The molecule has 0 aliphatic heterocycles. The standard InChI is InChI=1S/C20H27NO2.ClH/c1-2-3-16-4-8-18(9-5-16)19-10-6-17(7-11-19)12-13-20(21,14-22)15-23;/h4-11,22-23H,2-3,12-15,21H2,1H3;1H. The van der Waals surface area contributed by atoms with E-state index < -0.39 is 5.54 Å². The van der Waals surface area contributed by atoms with Gasteiger partial charge in [-0.15, -0.1) is 12.4 Å². The molecule has 0 saturated carbocycles. The van der Waals surface area contributed by atoms with Gasteiger partial charge in [0.2, 0.25) is 0 Å². The van der Waals surface area contributed by atoms with Crippen molar-refractivity contribution in [3.05, 3.63) is 59.7 Å². The molecule has 0 unspecified atom stereocenters. The summed E-state index contributed by atoms with van der Waals surface area (Å²) in [6, 6.07) is 17.1. The first-order chi connectivity index (χ1) is 11.1. The molecule has 0 bridgehead atoms. The molecular weight excluding hydrogens is 322 g/mol. The highest BCUT2D eigenvalue weighted by atomic mass is 35.5. The van der Waals surface area contributed by atoms with E-state index in [0.29, 0.717) is 6.42 Å². The topological polar surface area (TPSA) is 66.5 Å². The van der Waals surface area contributed by atoms with Gasteiger partial charge < -0.3 is 15.9 Å². The first-order valence-electron chi connectivity index (χ1n) is 8.29. The molecule has 4 heteroatoms. The predicted octanol–water partition coefficient (Wildman–Crippen LogP) is 3.34. The molecule has 0 heterocycles. The minimum Gasteiger partial charge on any atom is -0.394 e. The van der Waals surface area contributed by atoms with Gasteiger partial charge >= 0.3 is 0 Å². The summed E-state index contributed by atoms with van der Waals surface area (Å²) in [5.74, 6) is 0. The second kappa shape index (κ2) is 9.80. The van der Waals surface area contributed by atoms with Gasteiger partial charge in [-0.1, -0.05) is 61.9 Å². The van der Waals surface area contributed by atoms with Crippen molar-refractivity contribution < 1.29 is 10.2 Å². The van der Waals surface area contributed by atoms with Crippen molar-refractivity contribution in [2.24, 2.45) is 5.73 Å². The summed E-state index contributed by atoms with van der Waals surface area (Å²) in [7, 11) is 0. The molecule has 2 rings (SSSR count). The van der Waals surface area contributed by atoms with Crippen LogP contribution in [-0.4, -0.2) is 29.0 Å². The highest BCUT2D eigenvalue weighted by molar-refractivity contribution is 5.85. The fraction of sp³-hybridized carbons (Fsp3) is 0.400. The minimum absolute atomic E-state index is 0. The van der Waals surface area contributed by atoms with Gasteiger partial charge in [0.25, 0.3) is 0 Å². The van der Waals surface area contributed by atoms with Crippen LogP contribution in [0.3, 0.4) is 0 Å². The highest BCUT2D eigenvalue weighted by Gasteiger charge is 2.22. The molecule has 0 saturated heterocycles. The smallest absolute Gasteiger partial charge is 0.0633 e. The fourth-order valence-corrected chi connectivity index (χ4v) is 2.62. The number of nitrogens with two attached hydrogens (primary N) is 1. The van der Waals surface area contributed by atoms with E-state index in [2.05, 4.69) is 55.5 Å². The van der Waals surface area contributed by atoms with Gasteiger partial charge in [-0.2, -0.15) is 0 Å². The molecule has 0 aliphatic rings. The lowest BCUT2D eigenvalue weighted by molar-refractivity contribution is 0.115. The molecule has 2 aromatic rings. The number of hydrogen-bond donors (Lipinski definition) is 3. The zero-order valence-electron chi connectivity index (χ0n) is 14.2. The Labute approximate surface area is 150 Å².